The number of nitrogens with zero attached hydrogens (tertiary/aromatic N) is 1. The molecule has 15 heavy (non-hydrogen) atoms. The van der Waals surface area contributed by atoms with Crippen molar-refractivity contribution in [2.75, 3.05) is 12.0 Å². The molecule has 0 amide bonds. The van der Waals surface area contributed by atoms with E-state index in [1.807, 2.05) is 13.8 Å². The Labute approximate surface area is 93.5 Å². The Morgan fingerprint density at radius 3 is 2.33 bits per heavy atom. The Balaban J connectivity index is 2.70. The molecule has 0 bridgehead atoms. The molecular formula is C9H15NO3S2. The van der Waals surface area contributed by atoms with Crippen molar-refractivity contribution in [3.8, 4) is 0 Å². The third kappa shape index (κ3) is 3.46. The molecular weight excluding hydrogens is 234 g/mol. The Morgan fingerprint density at radius 2 is 1.93 bits per heavy atom. The average molecular weight is 249 g/mol. The van der Waals surface area contributed by atoms with Gasteiger partial charge >= 0.3 is 4.87 Å². The maximum atomic E-state index is 11.4. The van der Waals surface area contributed by atoms with Gasteiger partial charge in [-0.25, -0.2) is 8.42 Å². The maximum absolute atomic E-state index is 11.4. The average Bonchev–Trinajstić information content (AvgIpc) is 2.29. The van der Waals surface area contributed by atoms with E-state index in [2.05, 4.69) is 0 Å². The van der Waals surface area contributed by atoms with Crippen molar-refractivity contribution in [1.29, 1.82) is 0 Å². The van der Waals surface area contributed by atoms with Crippen LogP contribution in [0.25, 0.3) is 0 Å². The largest absolute Gasteiger partial charge is 0.307 e. The summed E-state index contributed by atoms with van der Waals surface area (Å²) >= 11 is 1.21. The predicted molar refractivity (Wildman–Crippen MR) is 62.4 cm³/mol. The zero-order valence-electron chi connectivity index (χ0n) is 9.11. The van der Waals surface area contributed by atoms with Crippen molar-refractivity contribution in [2.24, 2.45) is 0 Å². The first kappa shape index (κ1) is 12.4. The van der Waals surface area contributed by atoms with Gasteiger partial charge in [0.1, 0.15) is 9.84 Å². The van der Waals surface area contributed by atoms with Crippen LogP contribution in [0, 0.1) is 13.8 Å². The highest BCUT2D eigenvalue weighted by Crippen LogP contribution is 2.09. The first-order valence-corrected chi connectivity index (χ1v) is 7.53. The van der Waals surface area contributed by atoms with Crippen molar-refractivity contribution in [1.82, 2.24) is 4.57 Å². The predicted octanol–water partition coefficient (Wildman–Crippen LogP) is 0.961. The van der Waals surface area contributed by atoms with Gasteiger partial charge in [0, 0.05) is 23.4 Å². The Bertz CT molecular complexity index is 496. The first-order valence-electron chi connectivity index (χ1n) is 4.66. The van der Waals surface area contributed by atoms with Crippen LogP contribution in [0.3, 0.4) is 0 Å². The lowest BCUT2D eigenvalue weighted by Crippen LogP contribution is -2.17. The first-order chi connectivity index (χ1) is 6.81. The number of aryl methyl sites for hydroxylation is 1. The maximum Gasteiger partial charge on any atom is 0.307 e. The van der Waals surface area contributed by atoms with E-state index in [0.717, 1.165) is 10.6 Å². The highest BCUT2D eigenvalue weighted by atomic mass is 32.2. The molecule has 0 aliphatic heterocycles. The number of hydrogen-bond acceptors (Lipinski definition) is 4. The van der Waals surface area contributed by atoms with Crippen LogP contribution >= 0.6 is 11.3 Å². The summed E-state index contributed by atoms with van der Waals surface area (Å²) in [5.74, 6) is 0.133. The lowest BCUT2D eigenvalue weighted by molar-refractivity contribution is 0.588. The van der Waals surface area contributed by atoms with Crippen LogP contribution in [0.5, 0.6) is 0 Å². The van der Waals surface area contributed by atoms with Crippen LogP contribution in [-0.2, 0) is 16.4 Å². The molecule has 0 radical (unpaired) electrons. The Hall–Kier alpha value is -0.620. The van der Waals surface area contributed by atoms with Crippen molar-refractivity contribution < 1.29 is 8.42 Å². The molecule has 0 unspecified atom stereocenters. The lowest BCUT2D eigenvalue weighted by Gasteiger charge is -2.03. The third-order valence-electron chi connectivity index (χ3n) is 2.27. The van der Waals surface area contributed by atoms with E-state index in [1.54, 1.807) is 4.57 Å². The molecule has 0 atom stereocenters. The molecule has 86 valence electrons. The van der Waals surface area contributed by atoms with Gasteiger partial charge in [0.25, 0.3) is 0 Å². The van der Waals surface area contributed by atoms with Crippen molar-refractivity contribution in [3.05, 3.63) is 20.2 Å². The summed E-state index contributed by atoms with van der Waals surface area (Å²) in [5, 5.41) is 0. The van der Waals surface area contributed by atoms with E-state index in [0.29, 0.717) is 13.0 Å². The van der Waals surface area contributed by atoms with E-state index < -0.39 is 9.84 Å². The smallest absolute Gasteiger partial charge is 0.303 e. The van der Waals surface area contributed by atoms with Gasteiger partial charge in [-0.15, -0.1) is 0 Å². The zero-order chi connectivity index (χ0) is 11.6. The molecule has 0 fully saturated rings. The number of sulfone groups is 1. The number of aromatic nitrogens is 1. The van der Waals surface area contributed by atoms with Gasteiger partial charge in [0.05, 0.1) is 5.75 Å². The fourth-order valence-electron chi connectivity index (χ4n) is 1.33. The van der Waals surface area contributed by atoms with Crippen molar-refractivity contribution >= 4 is 21.2 Å². The van der Waals surface area contributed by atoms with E-state index in [-0.39, 0.29) is 10.6 Å². The lowest BCUT2D eigenvalue weighted by atomic mass is 10.4. The fraction of sp³-hybridized carbons (Fsp3) is 0.667. The fourth-order valence-corrected chi connectivity index (χ4v) is 2.84. The highest BCUT2D eigenvalue weighted by molar-refractivity contribution is 7.90. The van der Waals surface area contributed by atoms with Crippen LogP contribution in [0.2, 0.25) is 0 Å². The van der Waals surface area contributed by atoms with Gasteiger partial charge < -0.3 is 4.57 Å². The summed E-state index contributed by atoms with van der Waals surface area (Å²) in [5.41, 5.74) is 0.943. The summed E-state index contributed by atoms with van der Waals surface area (Å²) in [6, 6.07) is 0. The normalized spacial score (nSPS) is 11.9. The summed E-state index contributed by atoms with van der Waals surface area (Å²) in [7, 11) is -2.93. The van der Waals surface area contributed by atoms with Crippen molar-refractivity contribution in [3.63, 3.8) is 0 Å². The molecule has 0 N–H and O–H groups in total. The minimum Gasteiger partial charge on any atom is -0.303 e. The zero-order valence-corrected chi connectivity index (χ0v) is 10.7. The minimum atomic E-state index is -2.93. The minimum absolute atomic E-state index is 0.00139. The number of thiazole rings is 1. The second kappa shape index (κ2) is 4.49. The van der Waals surface area contributed by atoms with Crippen molar-refractivity contribution in [2.45, 2.75) is 26.8 Å². The van der Waals surface area contributed by atoms with Crippen LogP contribution in [0.1, 0.15) is 17.0 Å². The second-order valence-electron chi connectivity index (χ2n) is 3.64. The SMILES string of the molecule is Cc1sc(=O)n(CCCS(C)(=O)=O)c1C. The highest BCUT2D eigenvalue weighted by Gasteiger charge is 2.08. The summed E-state index contributed by atoms with van der Waals surface area (Å²) < 4.78 is 23.5. The summed E-state index contributed by atoms with van der Waals surface area (Å²) in [6.07, 6.45) is 1.71. The van der Waals surface area contributed by atoms with E-state index >= 15 is 0 Å². The molecule has 1 heterocycles. The van der Waals surface area contributed by atoms with Crippen LogP contribution in [0.4, 0.5) is 0 Å². The Morgan fingerprint density at radius 1 is 1.33 bits per heavy atom. The molecule has 1 aromatic heterocycles. The standard InChI is InChI=1S/C9H15NO3S2/c1-7-8(2)14-9(11)10(7)5-4-6-15(3,12)13/h4-6H2,1-3H3. The topological polar surface area (TPSA) is 56.1 Å². The molecule has 0 aliphatic carbocycles. The number of hydrogen-bond donors (Lipinski definition) is 0. The quantitative estimate of drug-likeness (QED) is 0.798. The van der Waals surface area contributed by atoms with E-state index in [9.17, 15) is 13.2 Å². The van der Waals surface area contributed by atoms with Crippen LogP contribution in [-0.4, -0.2) is 25.0 Å². The monoisotopic (exact) mass is 249 g/mol. The Kier molecular flexibility index (Phi) is 3.72. The summed E-state index contributed by atoms with van der Waals surface area (Å²) in [4.78, 5) is 12.4. The van der Waals surface area contributed by atoms with Gasteiger partial charge in [-0.1, -0.05) is 11.3 Å². The van der Waals surface area contributed by atoms with Gasteiger partial charge in [0.15, 0.2) is 0 Å². The van der Waals surface area contributed by atoms with E-state index in [1.165, 1.54) is 17.6 Å². The summed E-state index contributed by atoms with van der Waals surface area (Å²) in [6.45, 7) is 4.27. The molecule has 6 heteroatoms. The second-order valence-corrected chi connectivity index (χ2v) is 7.07. The van der Waals surface area contributed by atoms with Gasteiger partial charge in [0.2, 0.25) is 0 Å². The molecule has 1 rings (SSSR count). The van der Waals surface area contributed by atoms with Gasteiger partial charge in [-0.05, 0) is 20.3 Å². The molecule has 0 saturated carbocycles. The molecule has 0 aliphatic rings. The molecule has 1 aromatic rings. The third-order valence-corrected chi connectivity index (χ3v) is 4.30. The molecule has 0 aromatic carbocycles. The molecule has 0 saturated heterocycles. The number of rotatable bonds is 4. The van der Waals surface area contributed by atoms with E-state index in [4.69, 9.17) is 0 Å². The molecule has 4 nitrogen and oxygen atoms in total. The van der Waals surface area contributed by atoms with Crippen LogP contribution < -0.4 is 4.87 Å². The van der Waals surface area contributed by atoms with Crippen LogP contribution in [0.15, 0.2) is 4.79 Å². The molecule has 0 spiro atoms. The van der Waals surface area contributed by atoms with Gasteiger partial charge in [-0.2, -0.15) is 0 Å². The van der Waals surface area contributed by atoms with Gasteiger partial charge in [-0.3, -0.25) is 4.79 Å².